The average molecular weight is 468 g/mol. The van der Waals surface area contributed by atoms with E-state index in [4.69, 9.17) is 23.5 Å². The molecule has 0 spiro atoms. The molecule has 1 aliphatic rings. The van der Waals surface area contributed by atoms with Gasteiger partial charge in [0.1, 0.15) is 22.6 Å². The number of nitrogens with zero attached hydrogens (tertiary/aromatic N) is 3. The highest BCUT2D eigenvalue weighted by Gasteiger charge is 2.27. The van der Waals surface area contributed by atoms with Crippen molar-refractivity contribution in [3.05, 3.63) is 48.3 Å². The van der Waals surface area contributed by atoms with Crippen LogP contribution in [0.25, 0.3) is 11.0 Å². The first kappa shape index (κ1) is 21.0. The molecule has 4 aromatic rings. The van der Waals surface area contributed by atoms with Crippen LogP contribution in [0, 0.1) is 0 Å². The molecule has 0 aliphatic carbocycles. The Kier molecular flexibility index (Phi) is 5.69. The number of nitrogens with one attached hydrogen (secondary N) is 1. The standard InChI is InChI=1S/C22H20N4O6S/c1-28-14-8-10-24-22(29-2)20(14)33(27)26-21-18-16(32-25-21)12-15(13-6-5-11-30-19(13)18)31-17-7-3-4-9-23-17/h3-4,7-10,12H,5-6,11H2,1-2H3,(H,25,26). The smallest absolute Gasteiger partial charge is 0.235 e. The van der Waals surface area contributed by atoms with Crippen LogP contribution in [0.3, 0.4) is 0 Å². The summed E-state index contributed by atoms with van der Waals surface area (Å²) in [6.07, 6.45) is 4.74. The van der Waals surface area contributed by atoms with Crippen LogP contribution in [0.2, 0.25) is 0 Å². The number of benzene rings is 1. The third-order valence-corrected chi connectivity index (χ3v) is 6.20. The van der Waals surface area contributed by atoms with E-state index in [1.807, 2.05) is 12.1 Å². The van der Waals surface area contributed by atoms with Crippen LogP contribution < -0.4 is 23.7 Å². The summed E-state index contributed by atoms with van der Waals surface area (Å²) >= 11 is 0. The van der Waals surface area contributed by atoms with Crippen molar-refractivity contribution >= 4 is 27.8 Å². The molecule has 4 heterocycles. The van der Waals surface area contributed by atoms with Gasteiger partial charge in [0.05, 0.1) is 20.8 Å². The molecular formula is C22H20N4O6S. The van der Waals surface area contributed by atoms with Gasteiger partial charge < -0.3 is 23.5 Å². The molecule has 5 rings (SSSR count). The van der Waals surface area contributed by atoms with E-state index in [0.717, 1.165) is 18.4 Å². The molecular weight excluding hydrogens is 448 g/mol. The van der Waals surface area contributed by atoms with Crippen LogP contribution in [0.5, 0.6) is 29.0 Å². The lowest BCUT2D eigenvalue weighted by Crippen LogP contribution is -2.12. The van der Waals surface area contributed by atoms with Crippen molar-refractivity contribution < 1.29 is 27.7 Å². The van der Waals surface area contributed by atoms with Gasteiger partial charge in [0.25, 0.3) is 0 Å². The molecule has 11 heteroatoms. The Morgan fingerprint density at radius 1 is 1.09 bits per heavy atom. The molecule has 1 aliphatic heterocycles. The van der Waals surface area contributed by atoms with Crippen LogP contribution in [0.4, 0.5) is 5.82 Å². The number of fused-ring (bicyclic) bond motifs is 3. The van der Waals surface area contributed by atoms with Gasteiger partial charge in [-0.05, 0) is 18.9 Å². The number of hydrogen-bond acceptors (Lipinski definition) is 9. The minimum Gasteiger partial charge on any atom is -0.495 e. The quantitative estimate of drug-likeness (QED) is 0.431. The van der Waals surface area contributed by atoms with Crippen LogP contribution in [0.1, 0.15) is 12.0 Å². The molecule has 3 aromatic heterocycles. The lowest BCUT2D eigenvalue weighted by atomic mass is 10.0. The Morgan fingerprint density at radius 3 is 2.79 bits per heavy atom. The van der Waals surface area contributed by atoms with Crippen molar-refractivity contribution in [2.24, 2.45) is 0 Å². The van der Waals surface area contributed by atoms with Crippen LogP contribution in [-0.2, 0) is 17.4 Å². The molecule has 0 amide bonds. The van der Waals surface area contributed by atoms with Crippen molar-refractivity contribution in [3.63, 3.8) is 0 Å². The third-order valence-electron chi connectivity index (χ3n) is 5.07. The number of methoxy groups -OCH3 is 2. The second-order valence-corrected chi connectivity index (χ2v) is 8.18. The number of anilines is 1. The topological polar surface area (TPSA) is 118 Å². The molecule has 0 radical (unpaired) electrons. The Labute approximate surface area is 191 Å². The highest BCUT2D eigenvalue weighted by molar-refractivity contribution is 7.86. The first-order valence-electron chi connectivity index (χ1n) is 10.1. The van der Waals surface area contributed by atoms with Crippen molar-refractivity contribution in [2.75, 3.05) is 25.5 Å². The molecule has 0 saturated carbocycles. The fourth-order valence-corrected chi connectivity index (χ4v) is 4.66. The summed E-state index contributed by atoms with van der Waals surface area (Å²) in [5, 5.41) is 4.67. The van der Waals surface area contributed by atoms with Gasteiger partial charge >= 0.3 is 0 Å². The molecule has 1 N–H and O–H groups in total. The SMILES string of the molecule is COc1ccnc(OC)c1S(=O)Nc1noc2cc(Oc3ccccn3)c3c(c12)OCCC3. The van der Waals surface area contributed by atoms with E-state index < -0.39 is 11.0 Å². The van der Waals surface area contributed by atoms with Crippen molar-refractivity contribution in [1.82, 2.24) is 15.1 Å². The van der Waals surface area contributed by atoms with Gasteiger partial charge in [-0.1, -0.05) is 11.2 Å². The van der Waals surface area contributed by atoms with Crippen molar-refractivity contribution in [1.29, 1.82) is 0 Å². The molecule has 1 aromatic carbocycles. The second-order valence-electron chi connectivity index (χ2n) is 7.03. The minimum absolute atomic E-state index is 0.178. The zero-order valence-corrected chi connectivity index (χ0v) is 18.7. The highest BCUT2D eigenvalue weighted by Crippen LogP contribution is 2.44. The monoisotopic (exact) mass is 468 g/mol. The lowest BCUT2D eigenvalue weighted by molar-refractivity contribution is 0.288. The molecule has 0 fully saturated rings. The maximum Gasteiger partial charge on any atom is 0.235 e. The lowest BCUT2D eigenvalue weighted by Gasteiger charge is -2.21. The van der Waals surface area contributed by atoms with E-state index in [2.05, 4.69) is 19.8 Å². The zero-order chi connectivity index (χ0) is 22.8. The predicted octanol–water partition coefficient (Wildman–Crippen LogP) is 3.89. The molecule has 10 nitrogen and oxygen atoms in total. The molecule has 0 bridgehead atoms. The Balaban J connectivity index is 1.55. The highest BCUT2D eigenvalue weighted by atomic mass is 32.2. The minimum atomic E-state index is -1.81. The average Bonchev–Trinajstić information content (AvgIpc) is 3.26. The fraction of sp³-hybridized carbons (Fsp3) is 0.227. The Morgan fingerprint density at radius 2 is 2.00 bits per heavy atom. The summed E-state index contributed by atoms with van der Waals surface area (Å²) in [7, 11) is 1.12. The normalized spacial score (nSPS) is 13.6. The van der Waals surface area contributed by atoms with Crippen LogP contribution in [-0.4, -0.2) is 40.2 Å². The number of aromatic nitrogens is 3. The van der Waals surface area contributed by atoms with E-state index in [0.29, 0.717) is 40.7 Å². The van der Waals surface area contributed by atoms with E-state index >= 15 is 0 Å². The Bertz CT molecular complexity index is 1310. The maximum absolute atomic E-state index is 13.2. The molecule has 170 valence electrons. The van der Waals surface area contributed by atoms with Gasteiger partial charge in [0.2, 0.25) is 11.8 Å². The van der Waals surface area contributed by atoms with Gasteiger partial charge in [0, 0.05) is 36.2 Å². The van der Waals surface area contributed by atoms with E-state index in [-0.39, 0.29) is 16.6 Å². The van der Waals surface area contributed by atoms with Crippen molar-refractivity contribution in [3.8, 4) is 29.0 Å². The van der Waals surface area contributed by atoms with Gasteiger partial charge in [0.15, 0.2) is 27.3 Å². The summed E-state index contributed by atoms with van der Waals surface area (Å²) in [6, 6.07) is 8.77. The first-order chi connectivity index (χ1) is 16.2. The Hall–Kier alpha value is -3.86. The summed E-state index contributed by atoms with van der Waals surface area (Å²) in [6.45, 7) is 0.535. The molecule has 1 unspecified atom stereocenters. The number of ether oxygens (including phenoxy) is 4. The summed E-state index contributed by atoms with van der Waals surface area (Å²) < 4.78 is 44.3. The van der Waals surface area contributed by atoms with E-state index in [9.17, 15) is 4.21 Å². The second kappa shape index (κ2) is 8.94. The van der Waals surface area contributed by atoms with Crippen LogP contribution >= 0.6 is 0 Å². The number of rotatable bonds is 7. The van der Waals surface area contributed by atoms with E-state index in [1.54, 1.807) is 24.4 Å². The summed E-state index contributed by atoms with van der Waals surface area (Å²) in [5.74, 6) is 2.42. The first-order valence-corrected chi connectivity index (χ1v) is 11.3. The van der Waals surface area contributed by atoms with Gasteiger partial charge in [-0.15, -0.1) is 0 Å². The third kappa shape index (κ3) is 3.91. The van der Waals surface area contributed by atoms with Gasteiger partial charge in [-0.2, -0.15) is 0 Å². The maximum atomic E-state index is 13.2. The summed E-state index contributed by atoms with van der Waals surface area (Å²) in [4.78, 5) is 8.59. The molecule has 33 heavy (non-hydrogen) atoms. The summed E-state index contributed by atoms with van der Waals surface area (Å²) in [5.41, 5.74) is 1.29. The molecule has 0 saturated heterocycles. The number of hydrogen-bond donors (Lipinski definition) is 1. The fourth-order valence-electron chi connectivity index (χ4n) is 3.62. The molecule has 1 atom stereocenters. The van der Waals surface area contributed by atoms with Gasteiger partial charge in [-0.25, -0.2) is 14.2 Å². The van der Waals surface area contributed by atoms with Crippen molar-refractivity contribution in [2.45, 2.75) is 17.7 Å². The van der Waals surface area contributed by atoms with Gasteiger partial charge in [-0.3, -0.25) is 4.72 Å². The zero-order valence-electron chi connectivity index (χ0n) is 17.9. The largest absolute Gasteiger partial charge is 0.495 e. The van der Waals surface area contributed by atoms with Crippen LogP contribution in [0.15, 0.2) is 52.1 Å². The predicted molar refractivity (Wildman–Crippen MR) is 120 cm³/mol. The number of pyridine rings is 2. The van der Waals surface area contributed by atoms with E-state index in [1.165, 1.54) is 20.4 Å².